The van der Waals surface area contributed by atoms with Gasteiger partial charge in [0.1, 0.15) is 11.3 Å². The third-order valence-corrected chi connectivity index (χ3v) is 4.06. The van der Waals surface area contributed by atoms with Crippen LogP contribution in [0.1, 0.15) is 39.5 Å². The standard InChI is InChI=1S/C11H16ClNOS/c1-11(2)5-3-8(4-6-11)14-10-13-9(12)7-15-10/h7-8H,3-6H2,1-2H3. The highest BCUT2D eigenvalue weighted by Gasteiger charge is 2.28. The highest BCUT2D eigenvalue weighted by molar-refractivity contribution is 7.11. The van der Waals surface area contributed by atoms with E-state index in [0.717, 1.165) is 12.8 Å². The Bertz CT molecular complexity index is 327. The Kier molecular flexibility index (Phi) is 3.21. The van der Waals surface area contributed by atoms with E-state index in [9.17, 15) is 0 Å². The fourth-order valence-corrected chi connectivity index (χ4v) is 2.78. The minimum Gasteiger partial charge on any atom is -0.467 e. The van der Waals surface area contributed by atoms with Crippen molar-refractivity contribution in [2.24, 2.45) is 5.41 Å². The SMILES string of the molecule is CC1(C)CCC(Oc2nc(Cl)cs2)CC1. The molecule has 1 saturated carbocycles. The van der Waals surface area contributed by atoms with Crippen molar-refractivity contribution < 1.29 is 4.74 Å². The van der Waals surface area contributed by atoms with Gasteiger partial charge in [-0.05, 0) is 31.1 Å². The van der Waals surface area contributed by atoms with Crippen molar-refractivity contribution in [3.63, 3.8) is 0 Å². The molecule has 0 spiro atoms. The molecule has 84 valence electrons. The van der Waals surface area contributed by atoms with Gasteiger partial charge in [-0.15, -0.1) is 0 Å². The van der Waals surface area contributed by atoms with Gasteiger partial charge in [0.15, 0.2) is 0 Å². The van der Waals surface area contributed by atoms with Gasteiger partial charge < -0.3 is 4.74 Å². The lowest BCUT2D eigenvalue weighted by molar-refractivity contribution is 0.0985. The van der Waals surface area contributed by atoms with Crippen LogP contribution >= 0.6 is 22.9 Å². The number of ether oxygens (including phenoxy) is 1. The molecule has 0 amide bonds. The Hall–Kier alpha value is -0.280. The van der Waals surface area contributed by atoms with Crippen LogP contribution in [0.2, 0.25) is 5.15 Å². The van der Waals surface area contributed by atoms with Crippen LogP contribution in [0.3, 0.4) is 0 Å². The summed E-state index contributed by atoms with van der Waals surface area (Å²) in [6.45, 7) is 4.65. The summed E-state index contributed by atoms with van der Waals surface area (Å²) in [6, 6.07) is 0. The number of aromatic nitrogens is 1. The molecule has 0 saturated heterocycles. The van der Waals surface area contributed by atoms with Crippen LogP contribution in [0.5, 0.6) is 5.19 Å². The monoisotopic (exact) mass is 245 g/mol. The van der Waals surface area contributed by atoms with Gasteiger partial charge in [-0.25, -0.2) is 0 Å². The molecule has 1 aromatic rings. The fraction of sp³-hybridized carbons (Fsp3) is 0.727. The van der Waals surface area contributed by atoms with Crippen molar-refractivity contribution in [3.8, 4) is 5.19 Å². The van der Waals surface area contributed by atoms with E-state index in [0.29, 0.717) is 21.9 Å². The number of halogens is 1. The molecule has 1 heterocycles. The minimum atomic E-state index is 0.334. The number of nitrogens with zero attached hydrogens (tertiary/aromatic N) is 1. The summed E-state index contributed by atoms with van der Waals surface area (Å²) in [7, 11) is 0. The fourth-order valence-electron chi connectivity index (χ4n) is 1.93. The molecule has 0 aliphatic heterocycles. The van der Waals surface area contributed by atoms with E-state index >= 15 is 0 Å². The first-order valence-corrected chi connectivity index (χ1v) is 6.59. The second kappa shape index (κ2) is 4.30. The smallest absolute Gasteiger partial charge is 0.274 e. The van der Waals surface area contributed by atoms with Crippen molar-refractivity contribution in [1.82, 2.24) is 4.98 Å². The second-order valence-corrected chi connectivity index (χ2v) is 6.13. The van der Waals surface area contributed by atoms with Crippen LogP contribution in [0.4, 0.5) is 0 Å². The van der Waals surface area contributed by atoms with Crippen LogP contribution in [0.15, 0.2) is 5.38 Å². The lowest BCUT2D eigenvalue weighted by Gasteiger charge is -2.33. The Morgan fingerprint density at radius 3 is 2.67 bits per heavy atom. The quantitative estimate of drug-likeness (QED) is 0.781. The van der Waals surface area contributed by atoms with Crippen LogP contribution in [0.25, 0.3) is 0 Å². The van der Waals surface area contributed by atoms with Gasteiger partial charge in [0.25, 0.3) is 5.19 Å². The normalized spacial score (nSPS) is 21.5. The molecule has 1 aliphatic carbocycles. The Labute approximate surface area is 99.6 Å². The highest BCUT2D eigenvalue weighted by atomic mass is 35.5. The van der Waals surface area contributed by atoms with Crippen LogP contribution in [0, 0.1) is 5.41 Å². The summed E-state index contributed by atoms with van der Waals surface area (Å²) < 4.78 is 5.79. The molecule has 1 aliphatic rings. The molecule has 15 heavy (non-hydrogen) atoms. The first-order chi connectivity index (χ1) is 7.05. The van der Waals surface area contributed by atoms with Crippen molar-refractivity contribution >= 4 is 22.9 Å². The van der Waals surface area contributed by atoms with Crippen molar-refractivity contribution in [1.29, 1.82) is 0 Å². The van der Waals surface area contributed by atoms with Gasteiger partial charge in [-0.2, -0.15) is 4.98 Å². The van der Waals surface area contributed by atoms with E-state index in [1.54, 1.807) is 0 Å². The zero-order valence-electron chi connectivity index (χ0n) is 9.12. The maximum atomic E-state index is 5.79. The Morgan fingerprint density at radius 1 is 1.47 bits per heavy atom. The van der Waals surface area contributed by atoms with Gasteiger partial charge in [0, 0.05) is 5.38 Å². The molecule has 2 rings (SSSR count). The first kappa shape index (κ1) is 11.2. The van der Waals surface area contributed by atoms with Crippen LogP contribution < -0.4 is 4.74 Å². The molecule has 4 heteroatoms. The second-order valence-electron chi connectivity index (χ2n) is 4.92. The molecule has 1 fully saturated rings. The zero-order valence-corrected chi connectivity index (χ0v) is 10.7. The number of hydrogen-bond donors (Lipinski definition) is 0. The van der Waals surface area contributed by atoms with Gasteiger partial charge in [-0.1, -0.05) is 36.8 Å². The summed E-state index contributed by atoms with van der Waals surface area (Å²) >= 11 is 7.22. The molecular weight excluding hydrogens is 230 g/mol. The lowest BCUT2D eigenvalue weighted by atomic mass is 9.76. The summed E-state index contributed by atoms with van der Waals surface area (Å²) in [5.41, 5.74) is 0.486. The molecule has 0 unspecified atom stereocenters. The molecule has 1 aromatic heterocycles. The van der Waals surface area contributed by atoms with Crippen molar-refractivity contribution in [2.45, 2.75) is 45.6 Å². The molecule has 0 bridgehead atoms. The largest absolute Gasteiger partial charge is 0.467 e. The third kappa shape index (κ3) is 3.08. The average molecular weight is 246 g/mol. The van der Waals surface area contributed by atoms with Gasteiger partial charge in [0.2, 0.25) is 0 Å². The van der Waals surface area contributed by atoms with E-state index in [-0.39, 0.29) is 0 Å². The van der Waals surface area contributed by atoms with E-state index in [2.05, 4.69) is 18.8 Å². The van der Waals surface area contributed by atoms with E-state index < -0.39 is 0 Å². The Balaban J connectivity index is 1.87. The van der Waals surface area contributed by atoms with Crippen LogP contribution in [-0.2, 0) is 0 Å². The summed E-state index contributed by atoms with van der Waals surface area (Å²) in [6.07, 6.45) is 5.06. The zero-order chi connectivity index (χ0) is 10.9. The van der Waals surface area contributed by atoms with Gasteiger partial charge >= 0.3 is 0 Å². The topological polar surface area (TPSA) is 22.1 Å². The summed E-state index contributed by atoms with van der Waals surface area (Å²) in [5, 5.41) is 3.06. The van der Waals surface area contributed by atoms with Gasteiger partial charge in [0.05, 0.1) is 0 Å². The van der Waals surface area contributed by atoms with E-state index in [1.807, 2.05) is 5.38 Å². The molecular formula is C11H16ClNOS. The average Bonchev–Trinajstić information content (AvgIpc) is 2.55. The number of rotatable bonds is 2. The molecule has 0 N–H and O–H groups in total. The minimum absolute atomic E-state index is 0.334. The van der Waals surface area contributed by atoms with Crippen LogP contribution in [-0.4, -0.2) is 11.1 Å². The first-order valence-electron chi connectivity index (χ1n) is 5.33. The number of hydrogen-bond acceptors (Lipinski definition) is 3. The van der Waals surface area contributed by atoms with E-state index in [4.69, 9.17) is 16.3 Å². The van der Waals surface area contributed by atoms with Gasteiger partial charge in [-0.3, -0.25) is 0 Å². The molecule has 0 aromatic carbocycles. The Morgan fingerprint density at radius 2 is 2.13 bits per heavy atom. The maximum absolute atomic E-state index is 5.79. The summed E-state index contributed by atoms with van der Waals surface area (Å²) in [5.74, 6) is 0. The predicted octanol–water partition coefficient (Wildman–Crippen LogP) is 4.14. The van der Waals surface area contributed by atoms with E-state index in [1.165, 1.54) is 24.2 Å². The lowest BCUT2D eigenvalue weighted by Crippen LogP contribution is -2.28. The number of thiazole rings is 1. The van der Waals surface area contributed by atoms with Crippen molar-refractivity contribution in [2.75, 3.05) is 0 Å². The third-order valence-electron chi connectivity index (χ3n) is 3.01. The highest BCUT2D eigenvalue weighted by Crippen LogP contribution is 2.37. The molecule has 0 atom stereocenters. The molecule has 0 radical (unpaired) electrons. The maximum Gasteiger partial charge on any atom is 0.274 e. The summed E-state index contributed by atoms with van der Waals surface area (Å²) in [4.78, 5) is 4.10. The predicted molar refractivity (Wildman–Crippen MR) is 63.8 cm³/mol. The molecule has 2 nitrogen and oxygen atoms in total. The van der Waals surface area contributed by atoms with Crippen molar-refractivity contribution in [3.05, 3.63) is 10.5 Å².